The first-order valence-electron chi connectivity index (χ1n) is 6.29. The van der Waals surface area contributed by atoms with Gasteiger partial charge in [-0.2, -0.15) is 5.10 Å². The lowest BCUT2D eigenvalue weighted by Gasteiger charge is -2.10. The lowest BCUT2D eigenvalue weighted by Crippen LogP contribution is -2.00. The van der Waals surface area contributed by atoms with Gasteiger partial charge in [0.1, 0.15) is 5.75 Å². The zero-order chi connectivity index (χ0) is 13.7. The molecule has 1 aromatic heterocycles. The van der Waals surface area contributed by atoms with Gasteiger partial charge in [-0.1, -0.05) is 0 Å². The number of hydrogen-bond donors (Lipinski definition) is 2. The van der Waals surface area contributed by atoms with Crippen molar-refractivity contribution in [3.63, 3.8) is 0 Å². The molecule has 19 heavy (non-hydrogen) atoms. The summed E-state index contributed by atoms with van der Waals surface area (Å²) in [4.78, 5) is 0. The van der Waals surface area contributed by atoms with Gasteiger partial charge in [-0.3, -0.25) is 4.68 Å². The second kappa shape index (κ2) is 6.24. The number of rotatable bonds is 6. The fourth-order valence-electron chi connectivity index (χ4n) is 1.89. The molecule has 0 spiro atoms. The maximum absolute atomic E-state index is 9.27. The Morgan fingerprint density at radius 1 is 1.42 bits per heavy atom. The summed E-state index contributed by atoms with van der Waals surface area (Å²) in [7, 11) is 1.60. The molecule has 0 amide bonds. The highest BCUT2D eigenvalue weighted by atomic mass is 16.5. The van der Waals surface area contributed by atoms with Crippen LogP contribution in [0.5, 0.6) is 5.75 Å². The van der Waals surface area contributed by atoms with E-state index in [0.717, 1.165) is 23.4 Å². The Bertz CT molecular complexity index is 537. The van der Waals surface area contributed by atoms with E-state index >= 15 is 0 Å². The highest BCUT2D eigenvalue weighted by molar-refractivity contribution is 5.51. The maximum Gasteiger partial charge on any atom is 0.124 e. The Balaban J connectivity index is 2.03. The van der Waals surface area contributed by atoms with E-state index in [1.807, 2.05) is 35.3 Å². The van der Waals surface area contributed by atoms with Crippen molar-refractivity contribution in [2.24, 2.45) is 0 Å². The highest BCUT2D eigenvalue weighted by Crippen LogP contribution is 2.22. The van der Waals surface area contributed by atoms with Crippen LogP contribution in [0.4, 0.5) is 5.69 Å². The largest absolute Gasteiger partial charge is 0.496 e. The Hall–Kier alpha value is -2.01. The molecule has 0 radical (unpaired) electrons. The number of benzene rings is 1. The van der Waals surface area contributed by atoms with Crippen molar-refractivity contribution in [3.05, 3.63) is 41.7 Å². The molecular formula is C14H19N3O2. The van der Waals surface area contributed by atoms with Gasteiger partial charge in [0.2, 0.25) is 0 Å². The Morgan fingerprint density at radius 3 is 2.89 bits per heavy atom. The molecule has 2 aromatic rings. The van der Waals surface area contributed by atoms with E-state index in [1.165, 1.54) is 0 Å². The van der Waals surface area contributed by atoms with Gasteiger partial charge < -0.3 is 15.2 Å². The van der Waals surface area contributed by atoms with E-state index in [0.29, 0.717) is 12.3 Å². The molecule has 2 N–H and O–H groups in total. The average Bonchev–Trinajstić information content (AvgIpc) is 2.92. The van der Waals surface area contributed by atoms with E-state index in [9.17, 15) is 5.11 Å². The van der Waals surface area contributed by atoms with Crippen LogP contribution in [0.2, 0.25) is 0 Å². The summed E-state index contributed by atoms with van der Waals surface area (Å²) in [6.07, 6.45) is 3.87. The number of nitrogens with zero attached hydrogens (tertiary/aromatic N) is 2. The predicted octanol–water partition coefficient (Wildman–Crippen LogP) is 2.02. The van der Waals surface area contributed by atoms with Gasteiger partial charge in [-0.15, -0.1) is 0 Å². The zero-order valence-corrected chi connectivity index (χ0v) is 11.3. The summed E-state index contributed by atoms with van der Waals surface area (Å²) in [5, 5.41) is 16.8. The van der Waals surface area contributed by atoms with Gasteiger partial charge in [-0.25, -0.2) is 0 Å². The predicted molar refractivity (Wildman–Crippen MR) is 74.1 cm³/mol. The number of aromatic nitrogens is 2. The second-order valence-electron chi connectivity index (χ2n) is 4.24. The van der Waals surface area contributed by atoms with Crippen LogP contribution in [0.1, 0.15) is 18.1 Å². The van der Waals surface area contributed by atoms with Crippen LogP contribution in [0.15, 0.2) is 30.6 Å². The van der Waals surface area contributed by atoms with Crippen molar-refractivity contribution in [2.75, 3.05) is 12.4 Å². The van der Waals surface area contributed by atoms with Crippen molar-refractivity contribution in [3.8, 4) is 5.75 Å². The van der Waals surface area contributed by atoms with Crippen molar-refractivity contribution >= 4 is 5.69 Å². The van der Waals surface area contributed by atoms with Crippen molar-refractivity contribution in [2.45, 2.75) is 26.6 Å². The maximum atomic E-state index is 9.27. The van der Waals surface area contributed by atoms with E-state index in [2.05, 4.69) is 17.3 Å². The molecule has 102 valence electrons. The standard InChI is InChI=1S/C14H19N3O2/c1-3-17-9-11(8-16-17)7-15-13-4-5-14(19-2)12(6-13)10-18/h4-6,8-9,15,18H,3,7,10H2,1-2H3. The first-order valence-corrected chi connectivity index (χ1v) is 6.29. The minimum Gasteiger partial charge on any atom is -0.496 e. The van der Waals surface area contributed by atoms with Crippen LogP contribution in [-0.2, 0) is 19.7 Å². The average molecular weight is 261 g/mol. The zero-order valence-electron chi connectivity index (χ0n) is 11.3. The normalized spacial score (nSPS) is 10.5. The van der Waals surface area contributed by atoms with Crippen molar-refractivity contribution in [1.29, 1.82) is 0 Å². The molecule has 0 aliphatic rings. The molecule has 0 saturated heterocycles. The number of anilines is 1. The van der Waals surface area contributed by atoms with E-state index in [-0.39, 0.29) is 6.61 Å². The lowest BCUT2D eigenvalue weighted by atomic mass is 10.2. The number of ether oxygens (including phenoxy) is 1. The second-order valence-corrected chi connectivity index (χ2v) is 4.24. The number of aliphatic hydroxyl groups is 1. The van der Waals surface area contributed by atoms with Gasteiger partial charge in [-0.05, 0) is 25.1 Å². The number of aliphatic hydroxyl groups excluding tert-OH is 1. The van der Waals surface area contributed by atoms with Gasteiger partial charge >= 0.3 is 0 Å². The quantitative estimate of drug-likeness (QED) is 0.835. The van der Waals surface area contributed by atoms with Crippen molar-refractivity contribution in [1.82, 2.24) is 9.78 Å². The van der Waals surface area contributed by atoms with Gasteiger partial charge in [0, 0.05) is 36.1 Å². The molecule has 1 heterocycles. The van der Waals surface area contributed by atoms with E-state index < -0.39 is 0 Å². The molecule has 2 rings (SSSR count). The highest BCUT2D eigenvalue weighted by Gasteiger charge is 2.04. The summed E-state index contributed by atoms with van der Waals surface area (Å²) >= 11 is 0. The molecule has 0 aliphatic heterocycles. The van der Waals surface area contributed by atoms with Crippen LogP contribution in [-0.4, -0.2) is 22.0 Å². The third-order valence-corrected chi connectivity index (χ3v) is 2.96. The van der Waals surface area contributed by atoms with Gasteiger partial charge in [0.15, 0.2) is 0 Å². The minimum atomic E-state index is -0.0353. The first kappa shape index (κ1) is 13.4. The third-order valence-electron chi connectivity index (χ3n) is 2.96. The van der Waals surface area contributed by atoms with Crippen LogP contribution >= 0.6 is 0 Å². The fraction of sp³-hybridized carbons (Fsp3) is 0.357. The molecule has 0 unspecified atom stereocenters. The smallest absolute Gasteiger partial charge is 0.124 e. The fourth-order valence-corrected chi connectivity index (χ4v) is 1.89. The first-order chi connectivity index (χ1) is 9.26. The Labute approximate surface area is 112 Å². The number of aryl methyl sites for hydroxylation is 1. The number of nitrogens with one attached hydrogen (secondary N) is 1. The minimum absolute atomic E-state index is 0.0353. The van der Waals surface area contributed by atoms with E-state index in [1.54, 1.807) is 7.11 Å². The molecular weight excluding hydrogens is 242 g/mol. The summed E-state index contributed by atoms with van der Waals surface area (Å²) in [5.41, 5.74) is 2.86. The van der Waals surface area contributed by atoms with Gasteiger partial charge in [0.25, 0.3) is 0 Å². The summed E-state index contributed by atoms with van der Waals surface area (Å²) < 4.78 is 7.06. The molecule has 0 bridgehead atoms. The topological polar surface area (TPSA) is 59.3 Å². The molecule has 5 nitrogen and oxygen atoms in total. The van der Waals surface area contributed by atoms with E-state index in [4.69, 9.17) is 4.74 Å². The van der Waals surface area contributed by atoms with Crippen LogP contribution in [0.25, 0.3) is 0 Å². The molecule has 0 fully saturated rings. The van der Waals surface area contributed by atoms with Gasteiger partial charge in [0.05, 0.1) is 19.9 Å². The SMILES string of the molecule is CCn1cc(CNc2ccc(OC)c(CO)c2)cn1. The van der Waals surface area contributed by atoms with Crippen LogP contribution in [0.3, 0.4) is 0 Å². The summed E-state index contributed by atoms with van der Waals surface area (Å²) in [5.74, 6) is 0.701. The lowest BCUT2D eigenvalue weighted by molar-refractivity contribution is 0.274. The molecule has 0 atom stereocenters. The monoisotopic (exact) mass is 261 g/mol. The molecule has 0 aliphatic carbocycles. The van der Waals surface area contributed by atoms with Crippen molar-refractivity contribution < 1.29 is 9.84 Å². The Morgan fingerprint density at radius 2 is 2.26 bits per heavy atom. The third kappa shape index (κ3) is 3.26. The molecule has 0 saturated carbocycles. The summed E-state index contributed by atoms with van der Waals surface area (Å²) in [6, 6.07) is 5.68. The number of methoxy groups -OCH3 is 1. The summed E-state index contributed by atoms with van der Waals surface area (Å²) in [6.45, 7) is 3.60. The molecule has 1 aromatic carbocycles. The number of hydrogen-bond acceptors (Lipinski definition) is 4. The molecule has 5 heteroatoms. The van der Waals surface area contributed by atoms with Crippen LogP contribution in [0, 0.1) is 0 Å². The Kier molecular flexibility index (Phi) is 4.41. The van der Waals surface area contributed by atoms with Crippen LogP contribution < -0.4 is 10.1 Å².